The summed E-state index contributed by atoms with van der Waals surface area (Å²) >= 11 is 1.57. The van der Waals surface area contributed by atoms with Gasteiger partial charge in [0.1, 0.15) is 11.9 Å². The zero-order valence-electron chi connectivity index (χ0n) is 21.0. The number of rotatable bonds is 7. The van der Waals surface area contributed by atoms with Gasteiger partial charge in [0.05, 0.1) is 16.4 Å². The third kappa shape index (κ3) is 5.51. The summed E-state index contributed by atoms with van der Waals surface area (Å²) in [6.45, 7) is 12.7. The number of hydrogen-bond acceptors (Lipinski definition) is 5. The molecular formula is C26H31FN5O2S+. The summed E-state index contributed by atoms with van der Waals surface area (Å²) in [6, 6.07) is 7.28. The van der Waals surface area contributed by atoms with Crippen molar-refractivity contribution in [3.8, 4) is 16.9 Å². The molecule has 3 aromatic heterocycles. The van der Waals surface area contributed by atoms with Crippen LogP contribution in [0.1, 0.15) is 56.7 Å². The Hall–Kier alpha value is -3.33. The number of nitrogens with zero attached hydrogens (tertiary/aromatic N) is 5. The van der Waals surface area contributed by atoms with Crippen LogP contribution >= 0.6 is 11.3 Å². The average Bonchev–Trinajstić information content (AvgIpc) is 3.51. The molecule has 0 aliphatic carbocycles. The summed E-state index contributed by atoms with van der Waals surface area (Å²) in [4.78, 5) is 15.9. The number of thiazole rings is 1. The van der Waals surface area contributed by atoms with Gasteiger partial charge < -0.3 is 4.74 Å². The maximum Gasteiger partial charge on any atom is 0.305 e. The Morgan fingerprint density at radius 2 is 2.03 bits per heavy atom. The van der Waals surface area contributed by atoms with Gasteiger partial charge >= 0.3 is 5.97 Å². The van der Waals surface area contributed by atoms with Crippen LogP contribution in [0.15, 0.2) is 42.2 Å². The Kier molecular flexibility index (Phi) is 6.89. The summed E-state index contributed by atoms with van der Waals surface area (Å²) in [7, 11) is 0. The summed E-state index contributed by atoms with van der Waals surface area (Å²) < 4.78 is 25.6. The molecule has 0 spiro atoms. The number of aryl methyl sites for hydroxylation is 2. The van der Waals surface area contributed by atoms with Gasteiger partial charge in [-0.05, 0) is 31.2 Å². The molecule has 0 saturated heterocycles. The largest absolute Gasteiger partial charge is 0.425 e. The fourth-order valence-corrected chi connectivity index (χ4v) is 4.59. The molecular weight excluding hydrogens is 465 g/mol. The van der Waals surface area contributed by atoms with E-state index in [0.717, 1.165) is 39.9 Å². The highest BCUT2D eigenvalue weighted by Gasteiger charge is 2.21. The van der Waals surface area contributed by atoms with Crippen LogP contribution in [0.2, 0.25) is 0 Å². The van der Waals surface area contributed by atoms with Gasteiger partial charge in [0.25, 0.3) is 6.33 Å². The van der Waals surface area contributed by atoms with E-state index in [-0.39, 0.29) is 23.9 Å². The average molecular weight is 497 g/mol. The van der Waals surface area contributed by atoms with E-state index in [1.54, 1.807) is 39.1 Å². The van der Waals surface area contributed by atoms with E-state index in [9.17, 15) is 4.79 Å². The second-order valence-electron chi connectivity index (χ2n) is 9.58. The minimum Gasteiger partial charge on any atom is -0.425 e. The van der Waals surface area contributed by atoms with Crippen molar-refractivity contribution in [3.05, 3.63) is 70.1 Å². The molecule has 0 saturated carbocycles. The van der Waals surface area contributed by atoms with Crippen LogP contribution in [0.3, 0.4) is 0 Å². The van der Waals surface area contributed by atoms with Crippen molar-refractivity contribution in [2.75, 3.05) is 0 Å². The van der Waals surface area contributed by atoms with Gasteiger partial charge in [-0.25, -0.2) is 9.37 Å². The monoisotopic (exact) mass is 496 g/mol. The molecule has 184 valence electrons. The van der Waals surface area contributed by atoms with E-state index in [0.29, 0.717) is 12.1 Å². The second-order valence-corrected chi connectivity index (χ2v) is 10.5. The SMILES string of the molecule is CCn1nc(C(C)(C)C)cc1Cc1nc(-c2ccc(-[n+]3cc(C)n(COC(C)=O)c3)c(F)c2)cs1. The van der Waals surface area contributed by atoms with Gasteiger partial charge in [0, 0.05) is 48.9 Å². The van der Waals surface area contributed by atoms with Crippen LogP contribution in [-0.4, -0.2) is 25.3 Å². The standard InChI is InChI=1S/C26H31FN5O2S/c1-7-32-20(11-24(29-32)26(4,5)6)12-25-28-22(14-35-25)19-8-9-23(21(27)10-19)30-13-17(2)31(15-30)16-34-18(3)33/h8-11,13-15H,7,12,16H2,1-6H3/q+1. The maximum atomic E-state index is 15.1. The minimum absolute atomic E-state index is 0.0134. The molecule has 0 unspecified atom stereocenters. The zero-order chi connectivity index (χ0) is 25.3. The lowest BCUT2D eigenvalue weighted by molar-refractivity contribution is -0.597. The van der Waals surface area contributed by atoms with E-state index >= 15 is 4.39 Å². The molecule has 1 aromatic carbocycles. The highest BCUT2D eigenvalue weighted by molar-refractivity contribution is 7.10. The van der Waals surface area contributed by atoms with Gasteiger partial charge in [0.15, 0.2) is 11.5 Å². The van der Waals surface area contributed by atoms with Crippen molar-refractivity contribution in [2.24, 2.45) is 0 Å². The summed E-state index contributed by atoms with van der Waals surface area (Å²) in [5.74, 6) is -0.720. The number of halogens is 1. The Balaban J connectivity index is 1.54. The molecule has 0 aliphatic rings. The Morgan fingerprint density at radius 3 is 2.69 bits per heavy atom. The van der Waals surface area contributed by atoms with Crippen LogP contribution in [0.25, 0.3) is 16.9 Å². The smallest absolute Gasteiger partial charge is 0.305 e. The summed E-state index contributed by atoms with van der Waals surface area (Å²) in [5.41, 5.74) is 4.92. The number of carbonyl (C=O) groups excluding carboxylic acids is 1. The molecule has 3 heterocycles. The van der Waals surface area contributed by atoms with Crippen molar-refractivity contribution < 1.29 is 18.5 Å². The first-order chi connectivity index (χ1) is 16.5. The molecule has 9 heteroatoms. The summed E-state index contributed by atoms with van der Waals surface area (Å²) in [5, 5.41) is 7.69. The lowest BCUT2D eigenvalue weighted by Gasteiger charge is -2.14. The molecule has 0 fully saturated rings. The van der Waals surface area contributed by atoms with Gasteiger partial charge in [0.2, 0.25) is 6.73 Å². The molecule has 4 aromatic rings. The fourth-order valence-electron chi connectivity index (χ4n) is 3.77. The zero-order valence-corrected chi connectivity index (χ0v) is 21.8. The first-order valence-electron chi connectivity index (χ1n) is 11.6. The summed E-state index contributed by atoms with van der Waals surface area (Å²) in [6.07, 6.45) is 4.19. The first kappa shape index (κ1) is 24.8. The third-order valence-corrected chi connectivity index (χ3v) is 6.64. The molecule has 7 nitrogen and oxygen atoms in total. The van der Waals surface area contributed by atoms with Crippen LogP contribution in [0.5, 0.6) is 0 Å². The van der Waals surface area contributed by atoms with Gasteiger partial charge in [-0.2, -0.15) is 14.2 Å². The van der Waals surface area contributed by atoms with Crippen LogP contribution in [-0.2, 0) is 34.6 Å². The van der Waals surface area contributed by atoms with E-state index in [4.69, 9.17) is 14.8 Å². The number of hydrogen-bond donors (Lipinski definition) is 0. The molecule has 4 rings (SSSR count). The number of esters is 1. The molecule has 0 aliphatic heterocycles. The minimum atomic E-state index is -0.364. The molecule has 0 N–H and O–H groups in total. The van der Waals surface area contributed by atoms with Gasteiger partial charge in [-0.3, -0.25) is 9.48 Å². The Bertz CT molecular complexity index is 1360. The van der Waals surface area contributed by atoms with Gasteiger partial charge in [-0.15, -0.1) is 11.3 Å². The predicted octanol–water partition coefficient (Wildman–Crippen LogP) is 4.96. The van der Waals surface area contributed by atoms with E-state index in [2.05, 4.69) is 33.8 Å². The van der Waals surface area contributed by atoms with Crippen LogP contribution in [0, 0.1) is 12.7 Å². The quantitative estimate of drug-likeness (QED) is 0.268. The number of imidazole rings is 1. The van der Waals surface area contributed by atoms with Crippen molar-refractivity contribution >= 4 is 17.3 Å². The second kappa shape index (κ2) is 9.73. The van der Waals surface area contributed by atoms with Crippen molar-refractivity contribution in [1.29, 1.82) is 0 Å². The fraction of sp³-hybridized carbons (Fsp3) is 0.385. The molecule has 0 radical (unpaired) electrons. The number of carbonyl (C=O) groups is 1. The molecule has 35 heavy (non-hydrogen) atoms. The van der Waals surface area contributed by atoms with E-state index < -0.39 is 0 Å². The molecule has 0 bridgehead atoms. The number of aromatic nitrogens is 5. The Morgan fingerprint density at radius 1 is 1.26 bits per heavy atom. The molecule has 0 amide bonds. The number of benzene rings is 1. The topological polar surface area (TPSA) is 65.8 Å². The van der Waals surface area contributed by atoms with Crippen LogP contribution < -0.4 is 4.57 Å². The Labute approximate surface area is 208 Å². The predicted molar refractivity (Wildman–Crippen MR) is 133 cm³/mol. The highest BCUT2D eigenvalue weighted by Crippen LogP contribution is 2.27. The van der Waals surface area contributed by atoms with Crippen molar-refractivity contribution in [2.45, 2.75) is 66.7 Å². The lowest BCUT2D eigenvalue weighted by atomic mass is 9.92. The van der Waals surface area contributed by atoms with Crippen LogP contribution in [0.4, 0.5) is 4.39 Å². The highest BCUT2D eigenvalue weighted by atomic mass is 32.1. The normalized spacial score (nSPS) is 11.7. The van der Waals surface area contributed by atoms with Gasteiger partial charge in [-0.1, -0.05) is 20.8 Å². The number of ether oxygens (including phenoxy) is 1. The van der Waals surface area contributed by atoms with Crippen molar-refractivity contribution in [3.63, 3.8) is 0 Å². The first-order valence-corrected chi connectivity index (χ1v) is 12.5. The molecule has 0 atom stereocenters. The maximum absolute atomic E-state index is 15.1. The van der Waals surface area contributed by atoms with E-state index in [1.807, 2.05) is 23.1 Å². The third-order valence-electron chi connectivity index (χ3n) is 5.79. The van der Waals surface area contributed by atoms with E-state index in [1.165, 1.54) is 13.0 Å². The lowest BCUT2D eigenvalue weighted by Crippen LogP contribution is -2.29. The van der Waals surface area contributed by atoms with Crippen molar-refractivity contribution in [1.82, 2.24) is 19.3 Å².